The number of halogens is 3. The molecule has 39 heavy (non-hydrogen) atoms. The second-order valence-electron chi connectivity index (χ2n) is 9.27. The fourth-order valence-corrected chi connectivity index (χ4v) is 4.23. The molecule has 204 valence electrons. The number of benzene rings is 3. The second kappa shape index (κ2) is 11.7. The monoisotopic (exact) mass is 539 g/mol. The van der Waals surface area contributed by atoms with Gasteiger partial charge in [0, 0.05) is 25.8 Å². The molecule has 0 aliphatic heterocycles. The first-order valence-corrected chi connectivity index (χ1v) is 12.3. The van der Waals surface area contributed by atoms with Crippen molar-refractivity contribution in [1.82, 2.24) is 14.5 Å². The van der Waals surface area contributed by atoms with Crippen molar-refractivity contribution in [2.24, 2.45) is 0 Å². The van der Waals surface area contributed by atoms with Crippen LogP contribution in [0.15, 0.2) is 76.3 Å². The number of alkyl halides is 3. The number of aryl methyl sites for hydroxylation is 1. The summed E-state index contributed by atoms with van der Waals surface area (Å²) in [6, 6.07) is 16.5. The van der Waals surface area contributed by atoms with Crippen LogP contribution in [-0.2, 0) is 24.0 Å². The fraction of sp³-hybridized carbons (Fsp3) is 0.276. The van der Waals surface area contributed by atoms with E-state index in [1.165, 1.54) is 4.57 Å². The highest BCUT2D eigenvalue weighted by Crippen LogP contribution is 2.30. The van der Waals surface area contributed by atoms with E-state index in [2.05, 4.69) is 5.32 Å². The third kappa shape index (κ3) is 6.46. The van der Waals surface area contributed by atoms with Crippen molar-refractivity contribution >= 4 is 16.8 Å². The van der Waals surface area contributed by atoms with Gasteiger partial charge in [-0.05, 0) is 54.8 Å². The van der Waals surface area contributed by atoms with E-state index in [0.717, 1.165) is 28.3 Å². The van der Waals surface area contributed by atoms with Gasteiger partial charge in [0.15, 0.2) is 0 Å². The topological polar surface area (TPSA) is 82.3 Å². The maximum Gasteiger partial charge on any atom is 0.416 e. The number of carbonyl (C=O) groups is 1. The Morgan fingerprint density at radius 3 is 2.13 bits per heavy atom. The highest BCUT2D eigenvalue weighted by Gasteiger charge is 2.31. The lowest BCUT2D eigenvalue weighted by Crippen LogP contribution is -2.40. The normalized spacial score (nSPS) is 11.6. The molecule has 4 aromatic rings. The maximum atomic E-state index is 13.6. The number of amides is 1. The summed E-state index contributed by atoms with van der Waals surface area (Å²) in [6.45, 7) is 2.76. The van der Waals surface area contributed by atoms with Crippen molar-refractivity contribution in [3.05, 3.63) is 115 Å². The summed E-state index contributed by atoms with van der Waals surface area (Å²) in [5, 5.41) is 2.78. The van der Waals surface area contributed by atoms with E-state index in [0.29, 0.717) is 36.3 Å². The zero-order valence-electron chi connectivity index (χ0n) is 21.5. The average Bonchev–Trinajstić information content (AvgIpc) is 2.92. The zero-order valence-corrected chi connectivity index (χ0v) is 21.5. The van der Waals surface area contributed by atoms with Crippen molar-refractivity contribution < 1.29 is 22.7 Å². The van der Waals surface area contributed by atoms with E-state index in [-0.39, 0.29) is 29.9 Å². The SMILES string of the molecule is COCCCNC(=O)c1ccc(Cn2c(=O)c3ccc(C(F)(F)F)cc3n(Cc3ccc(C)cc3)c2=O)cc1. The Hall–Kier alpha value is -4.18. The van der Waals surface area contributed by atoms with Crippen LogP contribution >= 0.6 is 0 Å². The Labute approximate surface area is 222 Å². The molecule has 1 amide bonds. The standard InChI is InChI=1S/C29H28F3N3O4/c1-19-4-6-20(7-5-19)17-34-25-16-23(29(30,31)32)12-13-24(25)27(37)35(28(34)38)18-21-8-10-22(11-9-21)26(36)33-14-3-15-39-2/h4-13,16H,3,14-15,17-18H2,1-2H3,(H,33,36). The van der Waals surface area contributed by atoms with Gasteiger partial charge >= 0.3 is 11.9 Å². The number of ether oxygens (including phenoxy) is 1. The molecule has 10 heteroatoms. The molecule has 1 aromatic heterocycles. The van der Waals surface area contributed by atoms with Crippen molar-refractivity contribution in [1.29, 1.82) is 0 Å². The molecule has 0 radical (unpaired) electrons. The van der Waals surface area contributed by atoms with Crippen molar-refractivity contribution in [3.63, 3.8) is 0 Å². The fourth-order valence-electron chi connectivity index (χ4n) is 4.23. The number of aromatic nitrogens is 2. The smallest absolute Gasteiger partial charge is 0.385 e. The molecular weight excluding hydrogens is 511 g/mol. The van der Waals surface area contributed by atoms with E-state index in [4.69, 9.17) is 4.74 Å². The predicted molar refractivity (Wildman–Crippen MR) is 142 cm³/mol. The summed E-state index contributed by atoms with van der Waals surface area (Å²) in [6.07, 6.45) is -3.96. The summed E-state index contributed by atoms with van der Waals surface area (Å²) in [7, 11) is 1.58. The Balaban J connectivity index is 1.72. The van der Waals surface area contributed by atoms with Gasteiger partial charge in [0.25, 0.3) is 11.5 Å². The van der Waals surface area contributed by atoms with Gasteiger partial charge in [0.2, 0.25) is 0 Å². The van der Waals surface area contributed by atoms with E-state index in [1.807, 2.05) is 19.1 Å². The van der Waals surface area contributed by atoms with Crippen molar-refractivity contribution in [2.45, 2.75) is 32.6 Å². The number of rotatable bonds is 9. The van der Waals surface area contributed by atoms with Gasteiger partial charge in [-0.1, -0.05) is 42.0 Å². The molecule has 3 aromatic carbocycles. The average molecular weight is 540 g/mol. The van der Waals surface area contributed by atoms with Gasteiger partial charge in [-0.15, -0.1) is 0 Å². The van der Waals surface area contributed by atoms with Crippen LogP contribution in [-0.4, -0.2) is 35.3 Å². The zero-order chi connectivity index (χ0) is 28.2. The maximum absolute atomic E-state index is 13.6. The summed E-state index contributed by atoms with van der Waals surface area (Å²) >= 11 is 0. The van der Waals surface area contributed by atoms with E-state index in [1.54, 1.807) is 43.5 Å². The molecule has 0 fully saturated rings. The molecule has 0 unspecified atom stereocenters. The first-order chi connectivity index (χ1) is 18.6. The number of nitrogens with one attached hydrogen (secondary N) is 1. The molecule has 0 saturated carbocycles. The molecule has 0 saturated heterocycles. The Morgan fingerprint density at radius 2 is 1.51 bits per heavy atom. The quantitative estimate of drug-likeness (QED) is 0.321. The van der Waals surface area contributed by atoms with Crippen LogP contribution < -0.4 is 16.6 Å². The molecule has 4 rings (SSSR count). The third-order valence-corrected chi connectivity index (χ3v) is 6.38. The molecule has 0 bridgehead atoms. The lowest BCUT2D eigenvalue weighted by Gasteiger charge is -2.16. The molecule has 0 atom stereocenters. The number of fused-ring (bicyclic) bond motifs is 1. The first kappa shape index (κ1) is 27.8. The van der Waals surface area contributed by atoms with Gasteiger partial charge in [0.05, 0.1) is 29.6 Å². The van der Waals surface area contributed by atoms with E-state index < -0.39 is 23.0 Å². The van der Waals surface area contributed by atoms with Gasteiger partial charge in [-0.3, -0.25) is 18.7 Å². The van der Waals surface area contributed by atoms with Gasteiger partial charge in [0.1, 0.15) is 0 Å². The van der Waals surface area contributed by atoms with Crippen LogP contribution in [0.5, 0.6) is 0 Å². The van der Waals surface area contributed by atoms with E-state index in [9.17, 15) is 27.6 Å². The summed E-state index contributed by atoms with van der Waals surface area (Å²) in [4.78, 5) is 39.2. The predicted octanol–water partition coefficient (Wildman–Crippen LogP) is 4.35. The minimum Gasteiger partial charge on any atom is -0.385 e. The van der Waals surface area contributed by atoms with Crippen molar-refractivity contribution in [3.8, 4) is 0 Å². The Morgan fingerprint density at radius 1 is 0.897 bits per heavy atom. The molecule has 0 aliphatic carbocycles. The summed E-state index contributed by atoms with van der Waals surface area (Å²) in [5.41, 5.74) is 0.241. The molecule has 0 spiro atoms. The Bertz CT molecular complexity index is 1590. The van der Waals surface area contributed by atoms with Crippen LogP contribution in [0.4, 0.5) is 13.2 Å². The molecule has 1 N–H and O–H groups in total. The number of carbonyl (C=O) groups excluding carboxylic acids is 1. The van der Waals surface area contributed by atoms with Gasteiger partial charge in [-0.2, -0.15) is 13.2 Å². The molecule has 0 aliphatic rings. The van der Waals surface area contributed by atoms with Crippen LogP contribution in [0, 0.1) is 6.92 Å². The molecular formula is C29H28F3N3O4. The van der Waals surface area contributed by atoms with Crippen molar-refractivity contribution in [2.75, 3.05) is 20.3 Å². The highest BCUT2D eigenvalue weighted by molar-refractivity contribution is 5.94. The van der Waals surface area contributed by atoms with Gasteiger partial charge < -0.3 is 10.1 Å². The number of hydrogen-bond donors (Lipinski definition) is 1. The van der Waals surface area contributed by atoms with Crippen LogP contribution in [0.1, 0.15) is 39.0 Å². The number of methoxy groups -OCH3 is 1. The van der Waals surface area contributed by atoms with Gasteiger partial charge in [-0.25, -0.2) is 4.79 Å². The first-order valence-electron chi connectivity index (χ1n) is 12.3. The minimum absolute atomic E-state index is 0.00164. The highest BCUT2D eigenvalue weighted by atomic mass is 19.4. The largest absolute Gasteiger partial charge is 0.416 e. The molecule has 7 nitrogen and oxygen atoms in total. The lowest BCUT2D eigenvalue weighted by atomic mass is 10.1. The van der Waals surface area contributed by atoms with Crippen LogP contribution in [0.25, 0.3) is 10.9 Å². The van der Waals surface area contributed by atoms with Crippen LogP contribution in [0.3, 0.4) is 0 Å². The molecule has 1 heterocycles. The second-order valence-corrected chi connectivity index (χ2v) is 9.27. The summed E-state index contributed by atoms with van der Waals surface area (Å²) in [5.74, 6) is -0.263. The number of nitrogens with zero attached hydrogens (tertiary/aromatic N) is 2. The minimum atomic E-state index is -4.63. The lowest BCUT2D eigenvalue weighted by molar-refractivity contribution is -0.137. The number of hydrogen-bond acceptors (Lipinski definition) is 4. The van der Waals surface area contributed by atoms with Crippen LogP contribution in [0.2, 0.25) is 0 Å². The Kier molecular flexibility index (Phi) is 8.35. The van der Waals surface area contributed by atoms with E-state index >= 15 is 0 Å². The third-order valence-electron chi connectivity index (χ3n) is 6.38. The summed E-state index contributed by atoms with van der Waals surface area (Å²) < 4.78 is 47.6.